The molecule has 23 rings (SSSR count). The molecule has 0 fully saturated rings. The molecule has 0 saturated heterocycles. The van der Waals surface area contributed by atoms with Gasteiger partial charge in [0.2, 0.25) is 0 Å². The molecule has 0 bridgehead atoms. The van der Waals surface area contributed by atoms with Crippen molar-refractivity contribution >= 4 is 171 Å². The standard InChI is InChI=1S/C32H30N2O.2C25H20N2O.C21H18N2O/c1-19(2)23-11-8-12-24(20(3)4)29(23)34-18-17-33-32(34)25-15-16-27-28-14-13-22-9-6-7-10-26(22)31(28)35-30(27)21(25)5;2*1-16-21(27-15-26(2)22-9-5-6-10-23(22)27)14-13-19-20-12-11-17-7-3-4-8-18(17)25(20)28-24(16)19;1-14-19(23-12-11-22(2)13-23)10-9-17-18-8-7-15-5-3-4-6-16(15)21(18)24-20(14)17/h6-20H,1-5H3;2*3-14H,15H2,1-2H3;3-12H,13H2,1-2H3/i;2D3;;2D3. The third kappa shape index (κ3) is 11.6. The molecule has 5 aromatic heterocycles. The van der Waals surface area contributed by atoms with Crippen LogP contribution in [0.2, 0.25) is 0 Å². The minimum absolute atomic E-state index is 0.269. The Morgan fingerprint density at radius 2 is 0.687 bits per heavy atom. The van der Waals surface area contributed by atoms with E-state index in [4.69, 9.17) is 30.9 Å². The lowest BCUT2D eigenvalue weighted by molar-refractivity contribution is 0.495. The third-order valence-electron chi connectivity index (χ3n) is 23.8. The van der Waals surface area contributed by atoms with Crippen molar-refractivity contribution in [3.8, 4) is 17.1 Å². The highest BCUT2D eigenvalue weighted by atomic mass is 16.3. The smallest absolute Gasteiger partial charge is 0.144 e. The van der Waals surface area contributed by atoms with Crippen molar-refractivity contribution in [1.29, 1.82) is 0 Å². The summed E-state index contributed by atoms with van der Waals surface area (Å²) >= 11 is 0. The molecule has 0 radical (unpaired) electrons. The van der Waals surface area contributed by atoms with Crippen molar-refractivity contribution in [2.75, 3.05) is 65.5 Å². The monoisotopic (exact) mass is 1510 g/mol. The number of nitrogens with zero attached hydrogens (tertiary/aromatic N) is 8. The SMILES string of the molecule is Cc1c(-c2nccn2-c2c(C(C)C)cccc2C(C)C)ccc2c1oc1c3ccccc3ccc21.Cc1c(N2CN(C)c3ccccc32)ccc2c1oc1c3ccccc3ccc21.[2H]C([2H])([2H])N1C=CN(c2ccc3c(oc4c5ccccc5ccc34)c2C)C1.[2H]C([2H])([2H])N1CN(c2ccc3c(oc4c5ccccc5ccc34)c2C)c2ccccc21. The maximum atomic E-state index is 7.96. The van der Waals surface area contributed by atoms with Crippen LogP contribution in [0, 0.1) is 27.7 Å². The van der Waals surface area contributed by atoms with E-state index in [2.05, 4.69) is 280 Å². The maximum absolute atomic E-state index is 7.96. The van der Waals surface area contributed by atoms with Crippen molar-refractivity contribution in [1.82, 2.24) is 14.5 Å². The molecule has 3 aliphatic rings. The predicted octanol–water partition coefficient (Wildman–Crippen LogP) is 27.6. The molecule has 0 amide bonds. The second-order valence-corrected chi connectivity index (χ2v) is 31.3. The fraction of sp³-hybridized carbons (Fsp3) is 0.155. The fourth-order valence-corrected chi connectivity index (χ4v) is 18.0. The van der Waals surface area contributed by atoms with Gasteiger partial charge in [-0.3, -0.25) is 4.57 Å². The van der Waals surface area contributed by atoms with Crippen molar-refractivity contribution in [2.45, 2.75) is 67.2 Å². The Bertz CT molecular complexity index is 7560. The highest BCUT2D eigenvalue weighted by molar-refractivity contribution is 6.20. The van der Waals surface area contributed by atoms with Gasteiger partial charge in [0.1, 0.15) is 50.5 Å². The van der Waals surface area contributed by atoms with E-state index in [9.17, 15) is 0 Å². The second-order valence-electron chi connectivity index (χ2n) is 31.3. The molecule has 0 atom stereocenters. The van der Waals surface area contributed by atoms with Gasteiger partial charge in [-0.1, -0.05) is 198 Å². The summed E-state index contributed by atoms with van der Waals surface area (Å²) < 4.78 is 74.7. The number of hydrogen-bond acceptors (Lipinski definition) is 11. The first-order chi connectivity index (χ1) is 58.5. The summed E-state index contributed by atoms with van der Waals surface area (Å²) in [4.78, 5) is 16.3. The Morgan fingerprint density at radius 3 is 1.11 bits per heavy atom. The second kappa shape index (κ2) is 27.9. The number of furan rings is 4. The number of hydrogen-bond donors (Lipinski definition) is 0. The highest BCUT2D eigenvalue weighted by Crippen LogP contribution is 2.49. The van der Waals surface area contributed by atoms with Crippen LogP contribution in [0.5, 0.6) is 0 Å². The Balaban J connectivity index is 0.000000103. The number of imidazole rings is 1. The topological polar surface area (TPSA) is 89.8 Å². The first-order valence-electron chi connectivity index (χ1n) is 42.5. The first kappa shape index (κ1) is 63.9. The van der Waals surface area contributed by atoms with Crippen LogP contribution in [0.3, 0.4) is 0 Å². The van der Waals surface area contributed by atoms with Crippen LogP contribution < -0.4 is 24.5 Å². The van der Waals surface area contributed by atoms with E-state index < -0.39 is 14.0 Å². The molecule has 0 unspecified atom stereocenters. The third-order valence-corrected chi connectivity index (χ3v) is 23.8. The van der Waals surface area contributed by atoms with Gasteiger partial charge >= 0.3 is 0 Å². The van der Waals surface area contributed by atoms with Gasteiger partial charge in [-0.2, -0.15) is 0 Å². The predicted molar refractivity (Wildman–Crippen MR) is 483 cm³/mol. The van der Waals surface area contributed by atoms with Gasteiger partial charge < -0.3 is 47.1 Å². The Kier molecular flexibility index (Phi) is 15.5. The van der Waals surface area contributed by atoms with E-state index in [0.717, 1.165) is 161 Å². The highest BCUT2D eigenvalue weighted by Gasteiger charge is 2.30. The van der Waals surface area contributed by atoms with Crippen LogP contribution in [0.25, 0.3) is 148 Å². The molecule has 12 heteroatoms. The number of benzene rings is 15. The molecule has 564 valence electrons. The molecule has 0 saturated carbocycles. The van der Waals surface area contributed by atoms with E-state index in [-0.39, 0.29) is 6.67 Å². The average Bonchev–Trinajstić information content (AvgIpc) is 1.60. The van der Waals surface area contributed by atoms with Crippen LogP contribution in [0.4, 0.5) is 39.8 Å². The van der Waals surface area contributed by atoms with Crippen molar-refractivity contribution < 1.29 is 25.9 Å². The number of rotatable bonds is 7. The van der Waals surface area contributed by atoms with Crippen molar-refractivity contribution in [3.05, 3.63) is 319 Å². The van der Waals surface area contributed by atoms with E-state index in [1.807, 2.05) is 79.5 Å². The first-order valence-corrected chi connectivity index (χ1v) is 39.5. The van der Waals surface area contributed by atoms with E-state index in [1.165, 1.54) is 76.2 Å². The molecule has 3 aliphatic heterocycles. The summed E-state index contributed by atoms with van der Waals surface area (Å²) in [7, 11) is 2.14. The minimum atomic E-state index is -2.21. The van der Waals surface area contributed by atoms with Gasteiger partial charge in [0.25, 0.3) is 0 Å². The summed E-state index contributed by atoms with van der Waals surface area (Å²) in [6.45, 7) is 14.5. The lowest BCUT2D eigenvalue weighted by atomic mass is 9.92. The summed E-state index contributed by atoms with van der Waals surface area (Å²) in [6, 6.07) is 90.4. The molecule has 8 heterocycles. The van der Waals surface area contributed by atoms with Gasteiger partial charge in [-0.15, -0.1) is 0 Å². The lowest BCUT2D eigenvalue weighted by Gasteiger charge is -2.22. The number of para-hydroxylation sites is 5. The van der Waals surface area contributed by atoms with Gasteiger partial charge in [0.15, 0.2) is 0 Å². The Morgan fingerprint density at radius 1 is 0.322 bits per heavy atom. The molecule has 115 heavy (non-hydrogen) atoms. The zero-order valence-electron chi connectivity index (χ0n) is 71.6. The summed E-state index contributed by atoms with van der Waals surface area (Å²) in [5.74, 6) is 1.77. The molecule has 12 nitrogen and oxygen atoms in total. The van der Waals surface area contributed by atoms with E-state index in [0.29, 0.717) is 18.5 Å². The normalized spacial score (nSPS) is 14.4. The number of aromatic nitrogens is 2. The summed E-state index contributed by atoms with van der Waals surface area (Å²) in [5.41, 5.74) is 23.9. The quantitative estimate of drug-likeness (QED) is 0.153. The molecular formula is C103H88N8O4. The van der Waals surface area contributed by atoms with Crippen molar-refractivity contribution in [3.63, 3.8) is 0 Å². The summed E-state index contributed by atoms with van der Waals surface area (Å²) in [6.07, 6.45) is 7.42. The van der Waals surface area contributed by atoms with Gasteiger partial charge in [0, 0.05) is 164 Å². The molecule has 15 aromatic carbocycles. The van der Waals surface area contributed by atoms with Crippen LogP contribution in [0.1, 0.15) is 81.1 Å². The van der Waals surface area contributed by atoms with E-state index >= 15 is 0 Å². The molecular weight excluding hydrogens is 1410 g/mol. The van der Waals surface area contributed by atoms with Crippen LogP contribution in [0.15, 0.2) is 303 Å². The van der Waals surface area contributed by atoms with Gasteiger partial charge in [-0.05, 0) is 163 Å². The fourth-order valence-electron chi connectivity index (χ4n) is 18.0. The molecule has 0 aliphatic carbocycles. The average molecular weight is 1510 g/mol. The van der Waals surface area contributed by atoms with Gasteiger partial charge in [-0.25, -0.2) is 4.98 Å². The van der Waals surface area contributed by atoms with Crippen LogP contribution >= 0.6 is 0 Å². The van der Waals surface area contributed by atoms with Crippen molar-refractivity contribution in [2.24, 2.45) is 0 Å². The van der Waals surface area contributed by atoms with Gasteiger partial charge in [0.05, 0.1) is 48.4 Å². The lowest BCUT2D eigenvalue weighted by Crippen LogP contribution is -2.24. The van der Waals surface area contributed by atoms with E-state index in [1.54, 1.807) is 12.4 Å². The maximum Gasteiger partial charge on any atom is 0.144 e. The zero-order valence-corrected chi connectivity index (χ0v) is 65.6. The number of anilines is 7. The Labute approximate surface area is 676 Å². The molecule has 0 N–H and O–H groups in total. The Hall–Kier alpha value is -13.7. The minimum Gasteiger partial charge on any atom is -0.455 e. The largest absolute Gasteiger partial charge is 0.455 e. The van der Waals surface area contributed by atoms with Crippen LogP contribution in [-0.4, -0.2) is 55.5 Å². The molecule has 0 spiro atoms. The summed E-state index contributed by atoms with van der Waals surface area (Å²) in [5, 5.41) is 18.2. The molecule has 20 aromatic rings. The number of fused-ring (bicyclic) bond motifs is 22. The van der Waals surface area contributed by atoms with Crippen LogP contribution in [-0.2, 0) is 0 Å². The number of aryl methyl sites for hydroxylation is 4. The zero-order chi connectivity index (χ0) is 83.2.